The summed E-state index contributed by atoms with van der Waals surface area (Å²) in [4.78, 5) is 24.2. The minimum atomic E-state index is -0.463. The van der Waals surface area contributed by atoms with Crippen molar-refractivity contribution in [3.8, 4) is 11.5 Å². The van der Waals surface area contributed by atoms with Crippen molar-refractivity contribution in [3.63, 3.8) is 0 Å². The number of amides is 2. The maximum atomic E-state index is 12.1. The fourth-order valence-electron chi connectivity index (χ4n) is 2.96. The SMILES string of the molecule is Cc1ccc(C(C)C)c(OCC(=O)NNC(=O)COc2ccc(Br)cc2C(C)(C)C)c1. The van der Waals surface area contributed by atoms with Gasteiger partial charge in [-0.2, -0.15) is 0 Å². The molecule has 0 bridgehead atoms. The largest absolute Gasteiger partial charge is 0.483 e. The van der Waals surface area contributed by atoms with Crippen molar-refractivity contribution < 1.29 is 19.1 Å². The zero-order valence-electron chi connectivity index (χ0n) is 19.0. The number of nitrogens with one attached hydrogen (secondary N) is 2. The highest BCUT2D eigenvalue weighted by molar-refractivity contribution is 9.10. The molecule has 0 unspecified atom stereocenters. The molecule has 2 N–H and O–H groups in total. The zero-order valence-corrected chi connectivity index (χ0v) is 20.6. The summed E-state index contributed by atoms with van der Waals surface area (Å²) >= 11 is 3.46. The van der Waals surface area contributed by atoms with Crippen molar-refractivity contribution in [2.24, 2.45) is 0 Å². The van der Waals surface area contributed by atoms with Gasteiger partial charge in [0.2, 0.25) is 0 Å². The number of benzene rings is 2. The van der Waals surface area contributed by atoms with E-state index < -0.39 is 11.8 Å². The van der Waals surface area contributed by atoms with Gasteiger partial charge in [-0.15, -0.1) is 0 Å². The fourth-order valence-corrected chi connectivity index (χ4v) is 3.32. The van der Waals surface area contributed by atoms with E-state index in [1.165, 1.54) is 0 Å². The quantitative estimate of drug-likeness (QED) is 0.547. The molecule has 0 spiro atoms. The van der Waals surface area contributed by atoms with Crippen LogP contribution in [0.4, 0.5) is 0 Å². The van der Waals surface area contributed by atoms with Crippen molar-refractivity contribution in [2.75, 3.05) is 13.2 Å². The lowest BCUT2D eigenvalue weighted by molar-refractivity contribution is -0.131. The molecule has 0 heterocycles. The third-order valence-corrected chi connectivity index (χ3v) is 5.09. The molecule has 168 valence electrons. The van der Waals surface area contributed by atoms with Crippen molar-refractivity contribution in [3.05, 3.63) is 57.6 Å². The van der Waals surface area contributed by atoms with Crippen molar-refractivity contribution in [1.29, 1.82) is 0 Å². The van der Waals surface area contributed by atoms with Crippen LogP contribution in [0.25, 0.3) is 0 Å². The molecule has 0 saturated carbocycles. The molecule has 0 atom stereocenters. The van der Waals surface area contributed by atoms with Gasteiger partial charge in [-0.25, -0.2) is 0 Å². The predicted molar refractivity (Wildman–Crippen MR) is 125 cm³/mol. The first-order valence-corrected chi connectivity index (χ1v) is 11.0. The molecule has 6 nitrogen and oxygen atoms in total. The number of rotatable bonds is 7. The van der Waals surface area contributed by atoms with Gasteiger partial charge in [-0.1, -0.05) is 62.7 Å². The summed E-state index contributed by atoms with van der Waals surface area (Å²) < 4.78 is 12.3. The topological polar surface area (TPSA) is 76.7 Å². The molecule has 7 heteroatoms. The van der Waals surface area contributed by atoms with E-state index >= 15 is 0 Å². The lowest BCUT2D eigenvalue weighted by Crippen LogP contribution is -2.45. The van der Waals surface area contributed by atoms with Gasteiger partial charge in [-0.05, 0) is 53.6 Å². The van der Waals surface area contributed by atoms with Gasteiger partial charge in [-0.3, -0.25) is 20.4 Å². The second-order valence-corrected chi connectivity index (χ2v) is 9.68. The minimum Gasteiger partial charge on any atom is -0.483 e. The van der Waals surface area contributed by atoms with E-state index in [1.807, 2.05) is 43.3 Å². The van der Waals surface area contributed by atoms with Crippen molar-refractivity contribution in [1.82, 2.24) is 10.9 Å². The van der Waals surface area contributed by atoms with Gasteiger partial charge in [0.25, 0.3) is 11.8 Å². The zero-order chi connectivity index (χ0) is 23.2. The molecule has 2 aromatic rings. The third kappa shape index (κ3) is 7.58. The number of hydrogen-bond acceptors (Lipinski definition) is 4. The third-order valence-electron chi connectivity index (χ3n) is 4.60. The van der Waals surface area contributed by atoms with Gasteiger partial charge < -0.3 is 9.47 Å². The molecule has 2 aromatic carbocycles. The molecular formula is C24H31BrN2O4. The Labute approximate surface area is 192 Å². The molecule has 0 radical (unpaired) electrons. The molecule has 0 fully saturated rings. The van der Waals surface area contributed by atoms with Crippen LogP contribution < -0.4 is 20.3 Å². The van der Waals surface area contributed by atoms with Crippen molar-refractivity contribution in [2.45, 2.75) is 52.9 Å². The van der Waals surface area contributed by atoms with Crippen LogP contribution in [0.3, 0.4) is 0 Å². The first-order valence-electron chi connectivity index (χ1n) is 10.2. The maximum Gasteiger partial charge on any atom is 0.276 e. The van der Waals surface area contributed by atoms with Crippen LogP contribution in [0, 0.1) is 6.92 Å². The Morgan fingerprint density at radius 1 is 0.935 bits per heavy atom. The van der Waals surface area contributed by atoms with Crippen molar-refractivity contribution >= 4 is 27.7 Å². The molecule has 0 saturated heterocycles. The Hall–Kier alpha value is -2.54. The molecule has 0 aromatic heterocycles. The molecule has 0 aliphatic rings. The number of carbonyl (C=O) groups excluding carboxylic acids is 2. The number of hydrogen-bond donors (Lipinski definition) is 2. The number of carbonyl (C=O) groups is 2. The lowest BCUT2D eigenvalue weighted by Gasteiger charge is -2.23. The second-order valence-electron chi connectivity index (χ2n) is 8.76. The van der Waals surface area contributed by atoms with E-state index in [9.17, 15) is 9.59 Å². The summed E-state index contributed by atoms with van der Waals surface area (Å²) in [7, 11) is 0. The Morgan fingerprint density at radius 2 is 1.52 bits per heavy atom. The highest BCUT2D eigenvalue weighted by atomic mass is 79.9. The standard InChI is InChI=1S/C24H31BrN2O4/c1-15(2)18-9-7-16(3)11-21(18)31-14-23(29)27-26-22(28)13-30-20-10-8-17(25)12-19(20)24(4,5)6/h7-12,15H,13-14H2,1-6H3,(H,26,28)(H,27,29). The summed E-state index contributed by atoms with van der Waals surface area (Å²) in [6.07, 6.45) is 0. The van der Waals surface area contributed by atoms with Crippen LogP contribution in [0.15, 0.2) is 40.9 Å². The fraction of sp³-hybridized carbons (Fsp3) is 0.417. The molecule has 2 rings (SSSR count). The molecule has 31 heavy (non-hydrogen) atoms. The average Bonchev–Trinajstić information content (AvgIpc) is 2.68. The summed E-state index contributed by atoms with van der Waals surface area (Å²) in [6.45, 7) is 11.9. The summed E-state index contributed by atoms with van der Waals surface area (Å²) in [5, 5.41) is 0. The summed E-state index contributed by atoms with van der Waals surface area (Å²) in [5.74, 6) is 0.649. The van der Waals surface area contributed by atoms with Gasteiger partial charge in [0.05, 0.1) is 0 Å². The minimum absolute atomic E-state index is 0.147. The van der Waals surface area contributed by atoms with E-state index in [0.717, 1.165) is 21.2 Å². The summed E-state index contributed by atoms with van der Waals surface area (Å²) in [6, 6.07) is 11.6. The van der Waals surface area contributed by atoms with E-state index in [0.29, 0.717) is 11.5 Å². The van der Waals surface area contributed by atoms with Crippen LogP contribution in [-0.2, 0) is 15.0 Å². The molecule has 0 aliphatic carbocycles. The second kappa shape index (κ2) is 10.7. The van der Waals surface area contributed by atoms with Crippen LogP contribution >= 0.6 is 15.9 Å². The average molecular weight is 491 g/mol. The predicted octanol–water partition coefficient (Wildman–Crippen LogP) is 4.78. The highest BCUT2D eigenvalue weighted by Crippen LogP contribution is 2.33. The molecule has 2 amide bonds. The van der Waals surface area contributed by atoms with E-state index in [1.54, 1.807) is 0 Å². The van der Waals surface area contributed by atoms with Crippen LogP contribution in [0.2, 0.25) is 0 Å². The number of halogens is 1. The number of ether oxygens (including phenoxy) is 2. The van der Waals surface area contributed by atoms with E-state index in [2.05, 4.69) is 61.4 Å². The van der Waals surface area contributed by atoms with Gasteiger partial charge in [0.15, 0.2) is 13.2 Å². The Kier molecular flexibility index (Phi) is 8.51. The van der Waals surface area contributed by atoms with Crippen LogP contribution in [0.1, 0.15) is 57.2 Å². The normalized spacial score (nSPS) is 11.2. The van der Waals surface area contributed by atoms with Gasteiger partial charge >= 0.3 is 0 Å². The maximum absolute atomic E-state index is 12.1. The molecule has 0 aliphatic heterocycles. The van der Waals surface area contributed by atoms with Gasteiger partial charge in [0.1, 0.15) is 11.5 Å². The van der Waals surface area contributed by atoms with Gasteiger partial charge in [0, 0.05) is 10.0 Å². The number of hydrazine groups is 1. The Balaban J connectivity index is 1.85. The monoisotopic (exact) mass is 490 g/mol. The summed E-state index contributed by atoms with van der Waals surface area (Å²) in [5.41, 5.74) is 7.62. The Bertz CT molecular complexity index is 936. The highest BCUT2D eigenvalue weighted by Gasteiger charge is 2.20. The van der Waals surface area contributed by atoms with E-state index in [4.69, 9.17) is 9.47 Å². The first-order chi connectivity index (χ1) is 14.5. The van der Waals surface area contributed by atoms with Crippen LogP contribution in [-0.4, -0.2) is 25.0 Å². The molecular weight excluding hydrogens is 460 g/mol. The van der Waals surface area contributed by atoms with E-state index in [-0.39, 0.29) is 24.5 Å². The smallest absolute Gasteiger partial charge is 0.276 e. The van der Waals surface area contributed by atoms with Crippen LogP contribution in [0.5, 0.6) is 11.5 Å². The number of aryl methyl sites for hydroxylation is 1. The lowest BCUT2D eigenvalue weighted by atomic mass is 9.86. The Morgan fingerprint density at radius 3 is 2.06 bits per heavy atom. The first kappa shape index (κ1) is 24.7.